The minimum absolute atomic E-state index is 0.175. The van der Waals surface area contributed by atoms with E-state index in [-0.39, 0.29) is 18.2 Å². The molecule has 0 bridgehead atoms. The number of anilines is 1. The summed E-state index contributed by atoms with van der Waals surface area (Å²) >= 11 is 0. The molecule has 3 rings (SSSR count). The van der Waals surface area contributed by atoms with Crippen LogP contribution in [0.1, 0.15) is 39.3 Å². The molecule has 4 atom stereocenters. The fourth-order valence-corrected chi connectivity index (χ4v) is 3.67. The maximum atomic E-state index is 12.1. The molecule has 1 saturated heterocycles. The van der Waals surface area contributed by atoms with Crippen LogP contribution in [0.15, 0.2) is 12.7 Å². The van der Waals surface area contributed by atoms with Gasteiger partial charge < -0.3 is 16.2 Å². The van der Waals surface area contributed by atoms with Gasteiger partial charge in [-0.2, -0.15) is 8.42 Å². The van der Waals surface area contributed by atoms with E-state index in [4.69, 9.17) is 20.4 Å². The van der Waals surface area contributed by atoms with Gasteiger partial charge in [0, 0.05) is 6.42 Å². The predicted octanol–water partition coefficient (Wildman–Crippen LogP) is -0.205. The molecule has 28 heavy (non-hydrogen) atoms. The third-order valence-corrected chi connectivity index (χ3v) is 5.59. The van der Waals surface area contributed by atoms with Gasteiger partial charge in [0.05, 0.1) is 12.4 Å². The Morgan fingerprint density at radius 1 is 1.43 bits per heavy atom. The first-order valence-electron chi connectivity index (χ1n) is 8.80. The zero-order chi connectivity index (χ0) is 20.5. The Hall–Kier alpha value is -2.35. The molecule has 3 heterocycles. The van der Waals surface area contributed by atoms with Gasteiger partial charge in [-0.05, 0) is 12.3 Å². The molecule has 2 aromatic heterocycles. The molecule has 0 aliphatic carbocycles. The number of amides is 1. The summed E-state index contributed by atoms with van der Waals surface area (Å²) in [5.74, 6) is -0.764. The minimum Gasteiger partial charge on any atom is -0.382 e. The van der Waals surface area contributed by atoms with E-state index < -0.39 is 34.8 Å². The average molecular weight is 413 g/mol. The van der Waals surface area contributed by atoms with E-state index in [0.717, 1.165) is 0 Å². The average Bonchev–Trinajstić information content (AvgIpc) is 3.26. The molecule has 0 spiro atoms. The highest BCUT2D eigenvalue weighted by atomic mass is 32.2. The fraction of sp³-hybridized carbons (Fsp3) is 0.600. The number of carbonyl (C=O) groups is 1. The molecule has 0 unspecified atom stereocenters. The molecule has 1 fully saturated rings. The van der Waals surface area contributed by atoms with Crippen LogP contribution in [0, 0.1) is 5.92 Å². The first-order valence-corrected chi connectivity index (χ1v) is 10.2. The van der Waals surface area contributed by atoms with Crippen molar-refractivity contribution in [1.29, 1.82) is 0 Å². The van der Waals surface area contributed by atoms with Gasteiger partial charge in [0.2, 0.25) is 0 Å². The van der Waals surface area contributed by atoms with Crippen LogP contribution in [0.4, 0.5) is 5.82 Å². The molecule has 12 nitrogen and oxygen atoms in total. The summed E-state index contributed by atoms with van der Waals surface area (Å²) in [4.78, 5) is 24.1. The molecule has 1 amide bonds. The molecule has 5 N–H and O–H groups in total. The Kier molecular flexibility index (Phi) is 5.79. The second-order valence-corrected chi connectivity index (χ2v) is 7.91. The lowest BCUT2D eigenvalue weighted by molar-refractivity contribution is -0.122. The topological polar surface area (TPSA) is 177 Å². The van der Waals surface area contributed by atoms with Crippen LogP contribution in [-0.2, 0) is 24.0 Å². The Bertz CT molecular complexity index is 963. The molecule has 13 heteroatoms. The molecule has 1 aliphatic heterocycles. The number of nitrogens with one attached hydrogen (secondary N) is 1. The lowest BCUT2D eigenvalue weighted by Crippen LogP contribution is -2.47. The van der Waals surface area contributed by atoms with Crippen molar-refractivity contribution in [3.8, 4) is 0 Å². The highest BCUT2D eigenvalue weighted by Gasteiger charge is 2.33. The van der Waals surface area contributed by atoms with E-state index in [1.165, 1.54) is 12.7 Å². The summed E-state index contributed by atoms with van der Waals surface area (Å²) in [6.45, 7) is 3.61. The van der Waals surface area contributed by atoms with Crippen LogP contribution < -0.4 is 16.2 Å². The monoisotopic (exact) mass is 413 g/mol. The first-order chi connectivity index (χ1) is 13.2. The van der Waals surface area contributed by atoms with Gasteiger partial charge in [-0.3, -0.25) is 9.36 Å². The molecule has 0 saturated carbocycles. The van der Waals surface area contributed by atoms with Crippen molar-refractivity contribution in [1.82, 2.24) is 24.2 Å². The van der Waals surface area contributed by atoms with Gasteiger partial charge in [-0.1, -0.05) is 20.3 Å². The smallest absolute Gasteiger partial charge is 0.364 e. The van der Waals surface area contributed by atoms with E-state index in [9.17, 15) is 13.2 Å². The number of aromatic nitrogens is 4. The van der Waals surface area contributed by atoms with Crippen LogP contribution in [-0.4, -0.2) is 46.2 Å². The quantitative estimate of drug-likeness (QED) is 0.550. The predicted molar refractivity (Wildman–Crippen MR) is 98.5 cm³/mol. The highest BCUT2D eigenvalue weighted by molar-refractivity contribution is 7.85. The molecule has 1 aliphatic rings. The van der Waals surface area contributed by atoms with E-state index in [1.54, 1.807) is 11.5 Å². The number of nitrogens with two attached hydrogens (primary N) is 2. The number of rotatable bonds is 7. The fourth-order valence-electron chi connectivity index (χ4n) is 2.82. The number of nitrogens with zero attached hydrogens (tertiary/aromatic N) is 4. The third-order valence-electron chi connectivity index (χ3n) is 4.67. The Morgan fingerprint density at radius 2 is 2.18 bits per heavy atom. The first kappa shape index (κ1) is 20.4. The van der Waals surface area contributed by atoms with E-state index >= 15 is 0 Å². The standard InChI is InChI=1S/C15H23N7O5S/c1-3-8(2)11(16)15(23)21-28(24,25)27-10-5-4-9(26-10)22-7-20-12-13(17)18-6-19-14(12)22/h6-11H,3-5,16H2,1-2H3,(H,21,23)(H2,17,18,19)/t8-,9+,10+,11-/m0/s1. The number of carbonyl (C=O) groups excluding carboxylic acids is 1. The highest BCUT2D eigenvalue weighted by Crippen LogP contribution is 2.32. The van der Waals surface area contributed by atoms with E-state index in [1.807, 2.05) is 11.6 Å². The third kappa shape index (κ3) is 4.22. The summed E-state index contributed by atoms with van der Waals surface area (Å²) in [6, 6.07) is -0.955. The molecule has 0 aromatic carbocycles. The number of ether oxygens (including phenoxy) is 1. The Balaban J connectivity index is 1.64. The SMILES string of the molecule is CC[C@H](C)[C@H](N)C(=O)NS(=O)(=O)O[C@@H]1CC[C@H](n2cnc3c(N)ncnc32)O1. The number of hydrogen-bond acceptors (Lipinski definition) is 10. The molecular formula is C15H23N7O5S. The maximum Gasteiger partial charge on any atom is 0.364 e. The van der Waals surface area contributed by atoms with Crippen LogP contribution in [0.25, 0.3) is 11.2 Å². The van der Waals surface area contributed by atoms with Gasteiger partial charge >= 0.3 is 10.3 Å². The lowest BCUT2D eigenvalue weighted by Gasteiger charge is -2.19. The number of hydrogen-bond donors (Lipinski definition) is 3. The second-order valence-electron chi connectivity index (χ2n) is 6.61. The zero-order valence-electron chi connectivity index (χ0n) is 15.5. The van der Waals surface area contributed by atoms with Crippen molar-refractivity contribution in [2.24, 2.45) is 11.7 Å². The molecule has 0 radical (unpaired) electrons. The Labute approximate surface area is 161 Å². The number of nitrogen functional groups attached to an aromatic ring is 1. The Morgan fingerprint density at radius 3 is 2.89 bits per heavy atom. The normalized spacial score (nSPS) is 22.2. The number of fused-ring (bicyclic) bond motifs is 1. The van der Waals surface area contributed by atoms with Gasteiger partial charge in [0.1, 0.15) is 18.1 Å². The minimum atomic E-state index is -4.37. The van der Waals surface area contributed by atoms with Crippen LogP contribution >= 0.6 is 0 Å². The van der Waals surface area contributed by atoms with Gasteiger partial charge in [0.15, 0.2) is 17.8 Å². The van der Waals surface area contributed by atoms with Crippen LogP contribution in [0.5, 0.6) is 0 Å². The van der Waals surface area contributed by atoms with Gasteiger partial charge in [0.25, 0.3) is 5.91 Å². The van der Waals surface area contributed by atoms with Crippen molar-refractivity contribution in [2.45, 2.75) is 51.7 Å². The summed E-state index contributed by atoms with van der Waals surface area (Å²) in [5, 5.41) is 0. The van der Waals surface area contributed by atoms with Gasteiger partial charge in [-0.25, -0.2) is 23.9 Å². The van der Waals surface area contributed by atoms with E-state index in [2.05, 4.69) is 15.0 Å². The van der Waals surface area contributed by atoms with Crippen molar-refractivity contribution < 1.29 is 22.1 Å². The van der Waals surface area contributed by atoms with E-state index in [0.29, 0.717) is 24.0 Å². The van der Waals surface area contributed by atoms with Crippen LogP contribution in [0.2, 0.25) is 0 Å². The maximum absolute atomic E-state index is 12.1. The van der Waals surface area contributed by atoms with Gasteiger partial charge in [-0.15, -0.1) is 0 Å². The van der Waals surface area contributed by atoms with Crippen molar-refractivity contribution in [2.75, 3.05) is 5.73 Å². The van der Waals surface area contributed by atoms with Crippen molar-refractivity contribution >= 4 is 33.2 Å². The second kappa shape index (κ2) is 7.95. The summed E-state index contributed by atoms with van der Waals surface area (Å²) < 4.78 is 38.3. The van der Waals surface area contributed by atoms with Crippen molar-refractivity contribution in [3.05, 3.63) is 12.7 Å². The molecular weight excluding hydrogens is 390 g/mol. The summed E-state index contributed by atoms with van der Waals surface area (Å²) in [5.41, 5.74) is 12.4. The summed E-state index contributed by atoms with van der Waals surface area (Å²) in [6.07, 6.45) is 2.57. The lowest BCUT2D eigenvalue weighted by atomic mass is 10.00. The number of imidazole rings is 1. The zero-order valence-corrected chi connectivity index (χ0v) is 16.3. The summed E-state index contributed by atoms with van der Waals surface area (Å²) in [7, 11) is -4.37. The molecule has 2 aromatic rings. The van der Waals surface area contributed by atoms with Crippen LogP contribution in [0.3, 0.4) is 0 Å². The largest absolute Gasteiger partial charge is 0.382 e. The van der Waals surface area contributed by atoms with Crippen molar-refractivity contribution in [3.63, 3.8) is 0 Å². The molecule has 154 valence electrons.